The molecule has 0 amide bonds. The summed E-state index contributed by atoms with van der Waals surface area (Å²) in [5, 5.41) is 17.8. The van der Waals surface area contributed by atoms with E-state index < -0.39 is 0 Å². The number of rotatable bonds is 10. The maximum Gasteiger partial charge on any atom is 0.224 e. The second-order valence-corrected chi connectivity index (χ2v) is 7.62. The molecule has 0 aliphatic carbocycles. The van der Waals surface area contributed by atoms with Gasteiger partial charge in [-0.3, -0.25) is 5.10 Å². The minimum Gasteiger partial charge on any atom is -0.497 e. The van der Waals surface area contributed by atoms with Gasteiger partial charge < -0.3 is 19.9 Å². The number of H-pyrrole nitrogens is 1. The van der Waals surface area contributed by atoms with Gasteiger partial charge in [-0.05, 0) is 42.7 Å². The van der Waals surface area contributed by atoms with E-state index in [4.69, 9.17) is 9.26 Å². The maximum atomic E-state index is 5.35. The van der Waals surface area contributed by atoms with Gasteiger partial charge in [-0.2, -0.15) is 10.1 Å². The Bertz CT molecular complexity index is 1380. The lowest BCUT2D eigenvalue weighted by molar-refractivity contribution is 0.389. The Kier molecular flexibility index (Phi) is 6.56. The first kappa shape index (κ1) is 22.0. The number of hydrogen-bond donors (Lipinski definition) is 3. The SMILES string of the molecule is COc1cccc(CCc2cc(Nc3ccnc(NCc4cc(-c5ncccn5)no4)n3)[nH]n2)c1. The van der Waals surface area contributed by atoms with Crippen LogP contribution < -0.4 is 15.4 Å². The predicted molar refractivity (Wildman–Crippen MR) is 129 cm³/mol. The van der Waals surface area contributed by atoms with E-state index in [0.29, 0.717) is 35.6 Å². The van der Waals surface area contributed by atoms with Crippen LogP contribution >= 0.6 is 0 Å². The van der Waals surface area contributed by atoms with Crippen LogP contribution in [0.5, 0.6) is 5.75 Å². The third-order valence-corrected chi connectivity index (χ3v) is 5.13. The summed E-state index contributed by atoms with van der Waals surface area (Å²) in [5.74, 6) is 3.80. The Hall–Kier alpha value is -4.80. The summed E-state index contributed by atoms with van der Waals surface area (Å²) >= 11 is 0. The molecule has 0 spiro atoms. The van der Waals surface area contributed by atoms with Gasteiger partial charge in [0.1, 0.15) is 17.4 Å². The van der Waals surface area contributed by atoms with Crippen molar-refractivity contribution in [2.45, 2.75) is 19.4 Å². The summed E-state index contributed by atoms with van der Waals surface area (Å²) in [5.41, 5.74) is 2.72. The van der Waals surface area contributed by atoms with Crippen LogP contribution in [-0.2, 0) is 19.4 Å². The zero-order valence-corrected chi connectivity index (χ0v) is 19.0. The molecule has 11 heteroatoms. The molecule has 0 aliphatic rings. The highest BCUT2D eigenvalue weighted by atomic mass is 16.5. The Morgan fingerprint density at radius 3 is 2.77 bits per heavy atom. The van der Waals surface area contributed by atoms with Crippen molar-refractivity contribution in [3.63, 3.8) is 0 Å². The van der Waals surface area contributed by atoms with Crippen LogP contribution in [0.4, 0.5) is 17.6 Å². The van der Waals surface area contributed by atoms with Gasteiger partial charge in [0.25, 0.3) is 0 Å². The summed E-state index contributed by atoms with van der Waals surface area (Å²) in [7, 11) is 1.67. The van der Waals surface area contributed by atoms with E-state index >= 15 is 0 Å². The van der Waals surface area contributed by atoms with Gasteiger partial charge in [-0.25, -0.2) is 15.0 Å². The second kappa shape index (κ2) is 10.4. The minimum atomic E-state index is 0.363. The van der Waals surface area contributed by atoms with Crippen molar-refractivity contribution in [2.75, 3.05) is 17.7 Å². The standard InChI is InChI=1S/C24H23N9O2/c1-34-18-5-2-4-16(12-18)6-7-17-13-22(32-31-17)29-21-8-11-27-24(30-21)28-15-19-14-20(33-35-19)23-25-9-3-10-26-23/h2-5,8-14H,6-7,15H2,1H3,(H3,27,28,29,30,31,32). The van der Waals surface area contributed by atoms with E-state index in [9.17, 15) is 0 Å². The van der Waals surface area contributed by atoms with Crippen LogP contribution in [0.1, 0.15) is 17.0 Å². The number of nitrogens with zero attached hydrogens (tertiary/aromatic N) is 6. The van der Waals surface area contributed by atoms with Crippen LogP contribution in [0.15, 0.2) is 71.6 Å². The number of methoxy groups -OCH3 is 1. The number of aromatic amines is 1. The van der Waals surface area contributed by atoms with Gasteiger partial charge in [-0.15, -0.1) is 0 Å². The lowest BCUT2D eigenvalue weighted by atomic mass is 10.1. The molecular formula is C24H23N9O2. The van der Waals surface area contributed by atoms with Crippen LogP contribution in [0, 0.1) is 0 Å². The molecule has 176 valence electrons. The quantitative estimate of drug-likeness (QED) is 0.277. The molecule has 0 fully saturated rings. The zero-order valence-electron chi connectivity index (χ0n) is 19.0. The molecule has 0 saturated heterocycles. The van der Waals surface area contributed by atoms with Gasteiger partial charge in [-0.1, -0.05) is 17.3 Å². The Labute approximate surface area is 201 Å². The van der Waals surface area contributed by atoms with Gasteiger partial charge in [0.15, 0.2) is 17.3 Å². The molecule has 35 heavy (non-hydrogen) atoms. The molecule has 0 radical (unpaired) electrons. The molecular weight excluding hydrogens is 446 g/mol. The van der Waals surface area contributed by atoms with Crippen molar-refractivity contribution in [3.05, 3.63) is 84.1 Å². The fourth-order valence-electron chi connectivity index (χ4n) is 3.41. The average molecular weight is 470 g/mol. The van der Waals surface area contributed by atoms with Gasteiger partial charge in [0.2, 0.25) is 5.95 Å². The number of ether oxygens (including phenoxy) is 1. The van der Waals surface area contributed by atoms with Gasteiger partial charge in [0, 0.05) is 30.7 Å². The third-order valence-electron chi connectivity index (χ3n) is 5.13. The normalized spacial score (nSPS) is 10.8. The molecule has 0 unspecified atom stereocenters. The van der Waals surface area contributed by atoms with Crippen LogP contribution in [0.2, 0.25) is 0 Å². The average Bonchev–Trinajstić information content (AvgIpc) is 3.57. The number of anilines is 3. The van der Waals surface area contributed by atoms with Crippen molar-refractivity contribution >= 4 is 17.6 Å². The monoisotopic (exact) mass is 469 g/mol. The highest BCUT2D eigenvalue weighted by molar-refractivity contribution is 5.53. The molecule has 0 saturated carbocycles. The first-order valence-corrected chi connectivity index (χ1v) is 11.0. The third kappa shape index (κ3) is 5.77. The van der Waals surface area contributed by atoms with E-state index in [1.165, 1.54) is 5.56 Å². The highest BCUT2D eigenvalue weighted by Crippen LogP contribution is 2.18. The number of benzene rings is 1. The molecule has 0 aliphatic heterocycles. The van der Waals surface area contributed by atoms with Crippen LogP contribution in [-0.4, -0.2) is 42.4 Å². The summed E-state index contributed by atoms with van der Waals surface area (Å²) in [6.45, 7) is 0.363. The molecule has 4 heterocycles. The predicted octanol–water partition coefficient (Wildman–Crippen LogP) is 3.79. The van der Waals surface area contributed by atoms with Crippen LogP contribution in [0.3, 0.4) is 0 Å². The smallest absolute Gasteiger partial charge is 0.224 e. The second-order valence-electron chi connectivity index (χ2n) is 7.62. The maximum absolute atomic E-state index is 5.35. The number of aromatic nitrogens is 7. The van der Waals surface area contributed by atoms with Crippen molar-refractivity contribution in [1.82, 2.24) is 35.3 Å². The van der Waals surface area contributed by atoms with E-state index in [-0.39, 0.29) is 0 Å². The summed E-state index contributed by atoms with van der Waals surface area (Å²) in [6, 6.07) is 15.3. The fraction of sp³-hybridized carbons (Fsp3) is 0.167. The van der Waals surface area contributed by atoms with Gasteiger partial charge >= 0.3 is 0 Å². The van der Waals surface area contributed by atoms with E-state index in [1.54, 1.807) is 43.9 Å². The highest BCUT2D eigenvalue weighted by Gasteiger charge is 2.10. The number of nitrogens with one attached hydrogen (secondary N) is 3. The molecule has 0 bridgehead atoms. The van der Waals surface area contributed by atoms with Gasteiger partial charge in [0.05, 0.1) is 19.3 Å². The van der Waals surface area contributed by atoms with Crippen molar-refractivity contribution < 1.29 is 9.26 Å². The molecule has 11 nitrogen and oxygen atoms in total. The zero-order chi connectivity index (χ0) is 23.9. The summed E-state index contributed by atoms with van der Waals surface area (Å²) in [6.07, 6.45) is 6.65. The summed E-state index contributed by atoms with van der Waals surface area (Å²) < 4.78 is 10.6. The number of hydrogen-bond acceptors (Lipinski definition) is 10. The Balaban J connectivity index is 1.15. The molecule has 5 rings (SSSR count). The first-order valence-electron chi connectivity index (χ1n) is 11.0. The number of aryl methyl sites for hydroxylation is 2. The molecule has 4 aromatic heterocycles. The largest absolute Gasteiger partial charge is 0.497 e. The van der Waals surface area contributed by atoms with E-state index in [2.05, 4.69) is 52.0 Å². The molecule has 3 N–H and O–H groups in total. The van der Waals surface area contributed by atoms with Crippen molar-refractivity contribution in [3.8, 4) is 17.3 Å². The topological polar surface area (TPSA) is 140 Å². The molecule has 1 aromatic carbocycles. The lowest BCUT2D eigenvalue weighted by Crippen LogP contribution is -2.04. The van der Waals surface area contributed by atoms with E-state index in [0.717, 1.165) is 30.1 Å². The summed E-state index contributed by atoms with van der Waals surface area (Å²) in [4.78, 5) is 17.1. The van der Waals surface area contributed by atoms with Crippen molar-refractivity contribution in [2.24, 2.45) is 0 Å². The van der Waals surface area contributed by atoms with E-state index in [1.807, 2.05) is 24.3 Å². The molecule has 5 aromatic rings. The van der Waals surface area contributed by atoms with Crippen molar-refractivity contribution in [1.29, 1.82) is 0 Å². The molecule has 0 atom stereocenters. The Morgan fingerprint density at radius 2 is 1.89 bits per heavy atom. The fourth-order valence-corrected chi connectivity index (χ4v) is 3.41. The van der Waals surface area contributed by atoms with Crippen LogP contribution in [0.25, 0.3) is 11.5 Å². The minimum absolute atomic E-state index is 0.363. The lowest BCUT2D eigenvalue weighted by Gasteiger charge is -2.05. The Morgan fingerprint density at radius 1 is 0.971 bits per heavy atom. The first-order chi connectivity index (χ1) is 17.2.